The van der Waals surface area contributed by atoms with Crippen molar-refractivity contribution in [3.8, 4) is 0 Å². The van der Waals surface area contributed by atoms with Gasteiger partial charge in [-0.2, -0.15) is 0 Å². The molecular weight excluding hydrogens is 241 g/mol. The maximum Gasteiger partial charge on any atom is 0.141 e. The number of nitrogens with one attached hydrogen (secondary N) is 1. The van der Waals surface area contributed by atoms with Gasteiger partial charge < -0.3 is 5.32 Å². The molecule has 2 heterocycles. The van der Waals surface area contributed by atoms with E-state index in [-0.39, 0.29) is 11.9 Å². The molecule has 19 heavy (non-hydrogen) atoms. The Morgan fingerprint density at radius 1 is 1.47 bits per heavy atom. The molecule has 1 saturated heterocycles. The topological polar surface area (TPSA) is 28.2 Å². The summed E-state index contributed by atoms with van der Waals surface area (Å²) in [5.74, 6) is -0.272. The van der Waals surface area contributed by atoms with E-state index in [0.29, 0.717) is 6.04 Å². The first-order chi connectivity index (χ1) is 9.24. The Morgan fingerprint density at radius 2 is 2.32 bits per heavy atom. The van der Waals surface area contributed by atoms with Gasteiger partial charge in [0.1, 0.15) is 5.82 Å². The van der Waals surface area contributed by atoms with Gasteiger partial charge in [-0.15, -0.1) is 0 Å². The molecule has 0 radical (unpaired) electrons. The zero-order valence-electron chi connectivity index (χ0n) is 11.9. The van der Waals surface area contributed by atoms with Gasteiger partial charge in [-0.05, 0) is 44.5 Å². The summed E-state index contributed by atoms with van der Waals surface area (Å²) in [7, 11) is 0. The normalized spacial score (nSPS) is 21.7. The van der Waals surface area contributed by atoms with Crippen molar-refractivity contribution in [2.75, 3.05) is 19.6 Å². The Kier molecular flexibility index (Phi) is 5.28. The molecule has 1 aromatic heterocycles. The fourth-order valence-electron chi connectivity index (χ4n) is 2.87. The predicted octanol–water partition coefficient (Wildman–Crippen LogP) is 2.75. The van der Waals surface area contributed by atoms with Crippen molar-refractivity contribution in [1.82, 2.24) is 15.2 Å². The number of rotatable bonds is 6. The van der Waals surface area contributed by atoms with Gasteiger partial charge in [0.2, 0.25) is 0 Å². The second kappa shape index (κ2) is 6.96. The monoisotopic (exact) mass is 265 g/mol. The molecule has 2 rings (SSSR count). The van der Waals surface area contributed by atoms with E-state index in [4.69, 9.17) is 0 Å². The smallest absolute Gasteiger partial charge is 0.141 e. The van der Waals surface area contributed by atoms with Crippen molar-refractivity contribution in [3.63, 3.8) is 0 Å². The summed E-state index contributed by atoms with van der Waals surface area (Å²) in [4.78, 5) is 6.71. The Balaban J connectivity index is 1.90. The van der Waals surface area contributed by atoms with Crippen LogP contribution in [0.15, 0.2) is 18.3 Å². The summed E-state index contributed by atoms with van der Waals surface area (Å²) in [5, 5.41) is 3.58. The highest BCUT2D eigenvalue weighted by Gasteiger charge is 2.23. The third kappa shape index (κ3) is 3.74. The molecule has 3 nitrogen and oxygen atoms in total. The van der Waals surface area contributed by atoms with Crippen molar-refractivity contribution in [3.05, 3.63) is 29.8 Å². The largest absolute Gasteiger partial charge is 0.307 e. The molecule has 0 amide bonds. The Bertz CT molecular complexity index is 379. The van der Waals surface area contributed by atoms with Gasteiger partial charge in [-0.25, -0.2) is 4.39 Å². The van der Waals surface area contributed by atoms with Crippen LogP contribution in [0, 0.1) is 5.82 Å². The molecule has 2 atom stereocenters. The van der Waals surface area contributed by atoms with Gasteiger partial charge >= 0.3 is 0 Å². The third-order valence-electron chi connectivity index (χ3n) is 4.02. The first-order valence-corrected chi connectivity index (χ1v) is 7.33. The first-order valence-electron chi connectivity index (χ1n) is 7.33. The van der Waals surface area contributed by atoms with E-state index < -0.39 is 0 Å². The lowest BCUT2D eigenvalue weighted by molar-refractivity contribution is 0.252. The van der Waals surface area contributed by atoms with Crippen LogP contribution < -0.4 is 5.32 Å². The van der Waals surface area contributed by atoms with E-state index in [0.717, 1.165) is 25.2 Å². The third-order valence-corrected chi connectivity index (χ3v) is 4.02. The van der Waals surface area contributed by atoms with Crippen LogP contribution >= 0.6 is 0 Å². The SMILES string of the molecule is CCC(NCC1CCCN1CC)c1ccc(F)cn1. The van der Waals surface area contributed by atoms with E-state index >= 15 is 0 Å². The van der Waals surface area contributed by atoms with Crippen molar-refractivity contribution in [2.24, 2.45) is 0 Å². The average molecular weight is 265 g/mol. The predicted molar refractivity (Wildman–Crippen MR) is 75.5 cm³/mol. The minimum atomic E-state index is -0.272. The van der Waals surface area contributed by atoms with Crippen molar-refractivity contribution < 1.29 is 4.39 Å². The lowest BCUT2D eigenvalue weighted by Gasteiger charge is -2.25. The number of hydrogen-bond acceptors (Lipinski definition) is 3. The Morgan fingerprint density at radius 3 is 2.95 bits per heavy atom. The van der Waals surface area contributed by atoms with Crippen molar-refractivity contribution in [2.45, 2.75) is 45.2 Å². The first kappa shape index (κ1) is 14.4. The molecular formula is C15H24FN3. The van der Waals surface area contributed by atoms with Crippen LogP contribution in [0.4, 0.5) is 4.39 Å². The van der Waals surface area contributed by atoms with Gasteiger partial charge in [0, 0.05) is 18.6 Å². The minimum Gasteiger partial charge on any atom is -0.307 e. The molecule has 4 heteroatoms. The number of nitrogens with zero attached hydrogens (tertiary/aromatic N) is 2. The van der Waals surface area contributed by atoms with Gasteiger partial charge in [0.15, 0.2) is 0 Å². The highest BCUT2D eigenvalue weighted by molar-refractivity contribution is 5.09. The highest BCUT2D eigenvalue weighted by Crippen LogP contribution is 2.19. The zero-order chi connectivity index (χ0) is 13.7. The van der Waals surface area contributed by atoms with E-state index in [1.807, 2.05) is 0 Å². The van der Waals surface area contributed by atoms with E-state index in [1.54, 1.807) is 6.07 Å². The van der Waals surface area contributed by atoms with Crippen molar-refractivity contribution >= 4 is 0 Å². The molecule has 106 valence electrons. The molecule has 0 bridgehead atoms. The molecule has 1 N–H and O–H groups in total. The summed E-state index contributed by atoms with van der Waals surface area (Å²) < 4.78 is 12.9. The second-order valence-corrected chi connectivity index (χ2v) is 5.20. The zero-order valence-corrected chi connectivity index (χ0v) is 11.9. The van der Waals surface area contributed by atoms with Crippen LogP contribution in [0.2, 0.25) is 0 Å². The van der Waals surface area contributed by atoms with Crippen LogP contribution in [-0.4, -0.2) is 35.6 Å². The lowest BCUT2D eigenvalue weighted by Crippen LogP contribution is -2.39. The van der Waals surface area contributed by atoms with Crippen LogP contribution in [0.1, 0.15) is 44.8 Å². The second-order valence-electron chi connectivity index (χ2n) is 5.20. The number of likely N-dealkylation sites (N-methyl/N-ethyl adjacent to an activating group) is 1. The summed E-state index contributed by atoms with van der Waals surface area (Å²) in [6, 6.07) is 4.13. The molecule has 0 aliphatic carbocycles. The van der Waals surface area contributed by atoms with Crippen LogP contribution in [-0.2, 0) is 0 Å². The number of likely N-dealkylation sites (tertiary alicyclic amines) is 1. The van der Waals surface area contributed by atoms with E-state index in [2.05, 4.69) is 29.0 Å². The van der Waals surface area contributed by atoms with E-state index in [1.165, 1.54) is 31.6 Å². The highest BCUT2D eigenvalue weighted by atomic mass is 19.1. The molecule has 1 fully saturated rings. The van der Waals surface area contributed by atoms with Crippen LogP contribution in [0.5, 0.6) is 0 Å². The molecule has 1 aliphatic rings. The summed E-state index contributed by atoms with van der Waals surface area (Å²) in [5.41, 5.74) is 0.935. The number of aromatic nitrogens is 1. The standard InChI is InChI=1S/C15H24FN3/c1-3-14(15-8-7-12(16)10-17-15)18-11-13-6-5-9-19(13)4-2/h7-8,10,13-14,18H,3-6,9,11H2,1-2H3. The number of halogens is 1. The maximum atomic E-state index is 12.9. The fraction of sp³-hybridized carbons (Fsp3) is 0.667. The molecule has 1 aromatic rings. The summed E-state index contributed by atoms with van der Waals surface area (Å²) >= 11 is 0. The quantitative estimate of drug-likeness (QED) is 0.857. The van der Waals surface area contributed by atoms with E-state index in [9.17, 15) is 4.39 Å². The van der Waals surface area contributed by atoms with Gasteiger partial charge in [0.05, 0.1) is 11.9 Å². The number of pyridine rings is 1. The number of hydrogen-bond donors (Lipinski definition) is 1. The Hall–Kier alpha value is -1.00. The molecule has 1 aliphatic heterocycles. The van der Waals surface area contributed by atoms with Gasteiger partial charge in [-0.1, -0.05) is 13.8 Å². The molecule has 0 spiro atoms. The molecule has 0 aromatic carbocycles. The molecule has 2 unspecified atom stereocenters. The Labute approximate surface area is 115 Å². The minimum absolute atomic E-state index is 0.222. The summed E-state index contributed by atoms with van der Waals surface area (Å²) in [6.07, 6.45) is 4.84. The van der Waals surface area contributed by atoms with Gasteiger partial charge in [0.25, 0.3) is 0 Å². The maximum absolute atomic E-state index is 12.9. The summed E-state index contributed by atoms with van der Waals surface area (Å²) in [6.45, 7) is 7.68. The van der Waals surface area contributed by atoms with Crippen LogP contribution in [0.25, 0.3) is 0 Å². The molecule has 0 saturated carbocycles. The average Bonchev–Trinajstić information content (AvgIpc) is 2.89. The van der Waals surface area contributed by atoms with Crippen LogP contribution in [0.3, 0.4) is 0 Å². The van der Waals surface area contributed by atoms with Crippen molar-refractivity contribution in [1.29, 1.82) is 0 Å². The fourth-order valence-corrected chi connectivity index (χ4v) is 2.87. The lowest BCUT2D eigenvalue weighted by atomic mass is 10.1. The van der Waals surface area contributed by atoms with Gasteiger partial charge in [-0.3, -0.25) is 9.88 Å².